The zero-order chi connectivity index (χ0) is 12.7. The second-order valence-corrected chi connectivity index (χ2v) is 4.70. The fourth-order valence-electron chi connectivity index (χ4n) is 2.48. The van der Waals surface area contributed by atoms with E-state index in [0.29, 0.717) is 12.2 Å². The van der Waals surface area contributed by atoms with Crippen molar-refractivity contribution in [3.05, 3.63) is 18.3 Å². The van der Waals surface area contributed by atoms with E-state index in [1.807, 2.05) is 12.1 Å². The number of primary amides is 1. The quantitative estimate of drug-likeness (QED) is 0.669. The van der Waals surface area contributed by atoms with Gasteiger partial charge in [0.25, 0.3) is 0 Å². The van der Waals surface area contributed by atoms with Crippen LogP contribution in [-0.4, -0.2) is 29.2 Å². The predicted molar refractivity (Wildman–Crippen MR) is 70.0 cm³/mol. The molecule has 5 N–H and O–H groups in total. The lowest BCUT2D eigenvalue weighted by atomic mass is 10.1. The van der Waals surface area contributed by atoms with Crippen LogP contribution in [0, 0.1) is 5.92 Å². The summed E-state index contributed by atoms with van der Waals surface area (Å²) >= 11 is 0. The molecule has 1 amide bonds. The summed E-state index contributed by atoms with van der Waals surface area (Å²) < 4.78 is 0. The average molecular weight is 245 g/mol. The van der Waals surface area contributed by atoms with Gasteiger partial charge >= 0.3 is 0 Å². The Morgan fingerprint density at radius 3 is 3.06 bits per heavy atom. The van der Waals surface area contributed by atoms with E-state index in [-0.39, 0.29) is 11.8 Å². The molecule has 0 spiro atoms. The number of anilines is 2. The Bertz CT molecular complexity index is 606. The number of nitrogens with one attached hydrogen (secondary N) is 1. The maximum Gasteiger partial charge on any atom is 0.222 e. The summed E-state index contributed by atoms with van der Waals surface area (Å²) in [6, 6.07) is 3.87. The number of hydrogen-bond donors (Lipinski definition) is 3. The zero-order valence-corrected chi connectivity index (χ0v) is 9.89. The molecule has 2 aromatic rings. The van der Waals surface area contributed by atoms with Crippen LogP contribution in [0.3, 0.4) is 0 Å². The van der Waals surface area contributed by atoms with E-state index in [9.17, 15) is 4.79 Å². The monoisotopic (exact) mass is 245 g/mol. The van der Waals surface area contributed by atoms with Crippen molar-refractivity contribution in [3.63, 3.8) is 0 Å². The predicted octanol–water partition coefficient (Wildman–Crippen LogP) is 0.457. The fraction of sp³-hybridized carbons (Fsp3) is 0.333. The highest BCUT2D eigenvalue weighted by molar-refractivity contribution is 5.89. The number of fused-ring (bicyclic) bond motifs is 1. The van der Waals surface area contributed by atoms with Gasteiger partial charge in [-0.2, -0.15) is 5.10 Å². The Morgan fingerprint density at radius 1 is 1.50 bits per heavy atom. The second-order valence-electron chi connectivity index (χ2n) is 4.70. The van der Waals surface area contributed by atoms with E-state index in [2.05, 4.69) is 15.1 Å². The standard InChI is InChI=1S/C12H15N5O/c13-9-3-8-5-15-16-10(8)4-11(9)17-2-1-7(6-17)12(14)18/h3-5,7H,1-2,6,13H2,(H2,14,18)(H,15,16). The van der Waals surface area contributed by atoms with Gasteiger partial charge in [0.1, 0.15) is 0 Å². The van der Waals surface area contributed by atoms with Crippen LogP contribution in [0.25, 0.3) is 10.9 Å². The lowest BCUT2D eigenvalue weighted by Gasteiger charge is -2.20. The van der Waals surface area contributed by atoms with Crippen LogP contribution in [-0.2, 0) is 4.79 Å². The van der Waals surface area contributed by atoms with Gasteiger partial charge in [-0.05, 0) is 18.6 Å². The van der Waals surface area contributed by atoms with Crippen LogP contribution in [0.15, 0.2) is 18.3 Å². The van der Waals surface area contributed by atoms with Gasteiger partial charge in [0.05, 0.1) is 29.0 Å². The molecule has 6 nitrogen and oxygen atoms in total. The molecule has 0 aliphatic carbocycles. The van der Waals surface area contributed by atoms with Crippen LogP contribution >= 0.6 is 0 Å². The van der Waals surface area contributed by atoms with E-state index in [1.165, 1.54) is 0 Å². The molecule has 1 aromatic carbocycles. The smallest absolute Gasteiger partial charge is 0.222 e. The van der Waals surface area contributed by atoms with Crippen LogP contribution < -0.4 is 16.4 Å². The summed E-state index contributed by atoms with van der Waals surface area (Å²) in [6.07, 6.45) is 2.53. The molecule has 3 rings (SSSR count). The molecule has 1 unspecified atom stereocenters. The maximum absolute atomic E-state index is 11.2. The van der Waals surface area contributed by atoms with Crippen LogP contribution in [0.4, 0.5) is 11.4 Å². The van der Waals surface area contributed by atoms with E-state index >= 15 is 0 Å². The number of aromatic amines is 1. The highest BCUT2D eigenvalue weighted by Gasteiger charge is 2.27. The number of carbonyl (C=O) groups is 1. The summed E-state index contributed by atoms with van der Waals surface area (Å²) in [5.41, 5.74) is 14.0. The van der Waals surface area contributed by atoms with E-state index in [4.69, 9.17) is 11.5 Å². The average Bonchev–Trinajstić information content (AvgIpc) is 2.94. The number of rotatable bonds is 2. The number of hydrogen-bond acceptors (Lipinski definition) is 4. The number of nitrogen functional groups attached to an aromatic ring is 1. The normalized spacial score (nSPS) is 19.6. The molecule has 1 fully saturated rings. The third kappa shape index (κ3) is 1.66. The van der Waals surface area contributed by atoms with Gasteiger partial charge in [0.15, 0.2) is 0 Å². The largest absolute Gasteiger partial charge is 0.397 e. The third-order valence-corrected chi connectivity index (χ3v) is 3.52. The number of nitrogens with two attached hydrogens (primary N) is 2. The van der Waals surface area contributed by atoms with Crippen molar-refractivity contribution in [2.24, 2.45) is 11.7 Å². The fourth-order valence-corrected chi connectivity index (χ4v) is 2.48. The van der Waals surface area contributed by atoms with Crippen molar-refractivity contribution in [1.82, 2.24) is 10.2 Å². The van der Waals surface area contributed by atoms with Gasteiger partial charge in [-0.1, -0.05) is 0 Å². The summed E-state index contributed by atoms with van der Waals surface area (Å²) in [5.74, 6) is -0.319. The van der Waals surface area contributed by atoms with Gasteiger partial charge in [-0.25, -0.2) is 0 Å². The Morgan fingerprint density at radius 2 is 2.33 bits per heavy atom. The molecule has 1 aliphatic heterocycles. The first-order chi connectivity index (χ1) is 8.65. The first-order valence-electron chi connectivity index (χ1n) is 5.92. The van der Waals surface area contributed by atoms with Gasteiger partial charge < -0.3 is 16.4 Å². The second kappa shape index (κ2) is 3.90. The molecule has 18 heavy (non-hydrogen) atoms. The molecule has 0 bridgehead atoms. The number of aromatic nitrogens is 2. The van der Waals surface area contributed by atoms with Crippen molar-refractivity contribution in [1.29, 1.82) is 0 Å². The number of benzene rings is 1. The molecular formula is C12H15N5O. The van der Waals surface area contributed by atoms with Gasteiger partial charge in [0, 0.05) is 18.5 Å². The van der Waals surface area contributed by atoms with Crippen molar-refractivity contribution >= 4 is 28.2 Å². The number of nitrogens with zero attached hydrogens (tertiary/aromatic N) is 2. The third-order valence-electron chi connectivity index (χ3n) is 3.52. The molecule has 1 aromatic heterocycles. The van der Waals surface area contributed by atoms with Crippen LogP contribution in [0.2, 0.25) is 0 Å². The van der Waals surface area contributed by atoms with Crippen molar-refractivity contribution < 1.29 is 4.79 Å². The van der Waals surface area contributed by atoms with Crippen molar-refractivity contribution in [2.75, 3.05) is 23.7 Å². The Balaban J connectivity index is 1.94. The molecule has 1 atom stereocenters. The first-order valence-corrected chi connectivity index (χ1v) is 5.92. The molecule has 2 heterocycles. The van der Waals surface area contributed by atoms with Gasteiger partial charge in [-0.15, -0.1) is 0 Å². The van der Waals surface area contributed by atoms with Gasteiger partial charge in [0.2, 0.25) is 5.91 Å². The topological polar surface area (TPSA) is 101 Å². The highest BCUT2D eigenvalue weighted by atomic mass is 16.1. The van der Waals surface area contributed by atoms with Crippen molar-refractivity contribution in [3.8, 4) is 0 Å². The SMILES string of the molecule is NC(=O)C1CCN(c2cc3[nH]ncc3cc2N)C1. The number of carbonyl (C=O) groups excluding carboxylic acids is 1. The number of H-pyrrole nitrogens is 1. The molecular weight excluding hydrogens is 230 g/mol. The zero-order valence-electron chi connectivity index (χ0n) is 9.89. The lowest BCUT2D eigenvalue weighted by molar-refractivity contribution is -0.121. The van der Waals surface area contributed by atoms with E-state index in [1.54, 1.807) is 6.20 Å². The van der Waals surface area contributed by atoms with E-state index < -0.39 is 0 Å². The summed E-state index contributed by atoms with van der Waals surface area (Å²) in [5, 5.41) is 7.89. The molecule has 0 radical (unpaired) electrons. The Hall–Kier alpha value is -2.24. The minimum Gasteiger partial charge on any atom is -0.397 e. The van der Waals surface area contributed by atoms with Gasteiger partial charge in [-0.3, -0.25) is 9.89 Å². The molecule has 1 aliphatic rings. The summed E-state index contributed by atoms with van der Waals surface area (Å²) in [7, 11) is 0. The first kappa shape index (κ1) is 10.9. The molecule has 6 heteroatoms. The molecule has 0 saturated carbocycles. The van der Waals surface area contributed by atoms with E-state index in [0.717, 1.165) is 29.6 Å². The highest BCUT2D eigenvalue weighted by Crippen LogP contribution is 2.31. The van der Waals surface area contributed by atoms with Crippen LogP contribution in [0.5, 0.6) is 0 Å². The lowest BCUT2D eigenvalue weighted by Crippen LogP contribution is -2.27. The minimum atomic E-state index is -0.237. The number of amides is 1. The summed E-state index contributed by atoms with van der Waals surface area (Å²) in [4.78, 5) is 13.3. The Kier molecular flexibility index (Phi) is 2.36. The van der Waals surface area contributed by atoms with Crippen LogP contribution in [0.1, 0.15) is 6.42 Å². The van der Waals surface area contributed by atoms with Crippen molar-refractivity contribution in [2.45, 2.75) is 6.42 Å². The minimum absolute atomic E-state index is 0.0816. The molecule has 1 saturated heterocycles. The summed E-state index contributed by atoms with van der Waals surface area (Å²) in [6.45, 7) is 1.44. The maximum atomic E-state index is 11.2. The molecule has 94 valence electrons. The Labute approximate surface area is 104 Å².